The summed E-state index contributed by atoms with van der Waals surface area (Å²) in [5, 5.41) is -0.735. The molecule has 1 rings (SSSR count). The van der Waals surface area contributed by atoms with Crippen molar-refractivity contribution < 1.29 is 18.0 Å². The van der Waals surface area contributed by atoms with Crippen LogP contribution in [0.4, 0.5) is 23.7 Å². The Bertz CT molecular complexity index is 428. The summed E-state index contributed by atoms with van der Waals surface area (Å²) in [6.07, 6.45) is -3.25. The van der Waals surface area contributed by atoms with Crippen LogP contribution >= 0.6 is 11.6 Å². The predicted molar refractivity (Wildman–Crippen MR) is 58.6 cm³/mol. The van der Waals surface area contributed by atoms with E-state index in [9.17, 15) is 18.0 Å². The molecule has 0 aliphatic carbocycles. The van der Waals surface area contributed by atoms with Crippen molar-refractivity contribution in [2.75, 3.05) is 7.05 Å². The average Bonchev–Trinajstić information content (AvgIpc) is 2.25. The first-order chi connectivity index (χ1) is 7.80. The molecule has 0 bridgehead atoms. The molecule has 0 unspecified atom stereocenters. The number of hydrogen-bond acceptors (Lipinski definition) is 2. The van der Waals surface area contributed by atoms with Crippen LogP contribution in [0.2, 0.25) is 0 Å². The summed E-state index contributed by atoms with van der Waals surface area (Å²) in [4.78, 5) is 15.4. The van der Waals surface area contributed by atoms with Gasteiger partial charge in [-0.3, -0.25) is 9.69 Å². The van der Waals surface area contributed by atoms with Crippen molar-refractivity contribution in [3.8, 4) is 0 Å². The molecule has 0 atom stereocenters. The highest BCUT2D eigenvalue weighted by molar-refractivity contribution is 6.63. The fourth-order valence-electron chi connectivity index (χ4n) is 0.935. The number of aliphatic imine (C=N–C) groups is 1. The van der Waals surface area contributed by atoms with Crippen molar-refractivity contribution in [3.63, 3.8) is 0 Å². The first-order valence-electron chi connectivity index (χ1n) is 4.44. The Labute approximate surface area is 101 Å². The molecule has 0 radical (unpaired) electrons. The molecule has 0 fully saturated rings. The maximum atomic E-state index is 12.2. The summed E-state index contributed by atoms with van der Waals surface area (Å²) < 4.78 is 36.7. The second kappa shape index (κ2) is 5.18. The first kappa shape index (κ1) is 13.5. The van der Waals surface area contributed by atoms with Crippen molar-refractivity contribution in [1.82, 2.24) is 4.90 Å². The maximum Gasteiger partial charge on any atom is 0.416 e. The topological polar surface area (TPSA) is 32.7 Å². The number of benzene rings is 1. The van der Waals surface area contributed by atoms with Crippen molar-refractivity contribution in [3.05, 3.63) is 29.8 Å². The number of nitrogens with zero attached hydrogens (tertiary/aromatic N) is 2. The van der Waals surface area contributed by atoms with Gasteiger partial charge in [0.2, 0.25) is 0 Å². The molecule has 0 saturated carbocycles. The van der Waals surface area contributed by atoms with Crippen LogP contribution < -0.4 is 0 Å². The number of halogens is 4. The third-order valence-corrected chi connectivity index (χ3v) is 2.12. The maximum absolute atomic E-state index is 12.2. The van der Waals surface area contributed by atoms with Crippen LogP contribution in [-0.4, -0.2) is 23.7 Å². The molecule has 0 saturated heterocycles. The van der Waals surface area contributed by atoms with Gasteiger partial charge in [-0.15, -0.1) is 0 Å². The predicted octanol–water partition coefficient (Wildman–Crippen LogP) is 3.66. The largest absolute Gasteiger partial charge is 0.416 e. The van der Waals surface area contributed by atoms with Gasteiger partial charge in [0.05, 0.1) is 17.6 Å². The number of carbonyl (C=O) groups excluding carboxylic acids is 1. The molecule has 0 N–H and O–H groups in total. The quantitative estimate of drug-likeness (QED) is 0.347. The van der Waals surface area contributed by atoms with Gasteiger partial charge in [-0.25, -0.2) is 4.99 Å². The molecule has 1 aromatic carbocycles. The van der Waals surface area contributed by atoms with Crippen LogP contribution in [0.1, 0.15) is 5.56 Å². The van der Waals surface area contributed by atoms with E-state index in [2.05, 4.69) is 4.99 Å². The van der Waals surface area contributed by atoms with Crippen LogP contribution in [0, 0.1) is 0 Å². The van der Waals surface area contributed by atoms with Gasteiger partial charge < -0.3 is 0 Å². The lowest BCUT2D eigenvalue weighted by Gasteiger charge is -2.07. The second-order valence-corrected chi connectivity index (χ2v) is 3.48. The van der Waals surface area contributed by atoms with Gasteiger partial charge in [-0.2, -0.15) is 13.2 Å². The molecule has 0 aliphatic rings. The van der Waals surface area contributed by atoms with E-state index in [4.69, 9.17) is 11.6 Å². The highest BCUT2D eigenvalue weighted by atomic mass is 35.5. The molecule has 0 aromatic heterocycles. The lowest BCUT2D eigenvalue weighted by molar-refractivity contribution is -0.137. The summed E-state index contributed by atoms with van der Waals surface area (Å²) in [6.45, 7) is 0. The Hall–Kier alpha value is -1.56. The highest BCUT2D eigenvalue weighted by Crippen LogP contribution is 2.30. The standard InChI is InChI=1S/C10H8ClF3N2O/c1-16(9(11)17)6-15-8-4-2-7(3-5-8)10(12,13)14/h2-6H,1H3. The number of rotatable bonds is 2. The first-order valence-corrected chi connectivity index (χ1v) is 4.82. The molecular weight excluding hydrogens is 257 g/mol. The third kappa shape index (κ3) is 4.07. The highest BCUT2D eigenvalue weighted by Gasteiger charge is 2.29. The third-order valence-electron chi connectivity index (χ3n) is 1.85. The van der Waals surface area contributed by atoms with E-state index < -0.39 is 17.1 Å². The molecule has 1 amide bonds. The minimum atomic E-state index is -4.37. The van der Waals surface area contributed by atoms with Gasteiger partial charge in [-0.1, -0.05) is 0 Å². The summed E-state index contributed by atoms with van der Waals surface area (Å²) in [7, 11) is 1.38. The zero-order chi connectivity index (χ0) is 13.1. The number of amides is 1. The Morgan fingerprint density at radius 1 is 1.35 bits per heavy atom. The van der Waals surface area contributed by atoms with E-state index in [1.165, 1.54) is 19.2 Å². The van der Waals surface area contributed by atoms with E-state index in [1.54, 1.807) is 0 Å². The molecule has 1 aromatic rings. The average molecular weight is 265 g/mol. The zero-order valence-corrected chi connectivity index (χ0v) is 9.46. The van der Waals surface area contributed by atoms with Crippen LogP contribution in [0.25, 0.3) is 0 Å². The summed E-state index contributed by atoms with van der Waals surface area (Å²) >= 11 is 5.13. The zero-order valence-electron chi connectivity index (χ0n) is 8.70. The van der Waals surface area contributed by atoms with Crippen molar-refractivity contribution in [2.24, 2.45) is 4.99 Å². The lowest BCUT2D eigenvalue weighted by atomic mass is 10.2. The molecule has 92 valence electrons. The molecule has 0 heterocycles. The molecular formula is C10H8ClF3N2O. The van der Waals surface area contributed by atoms with Crippen LogP contribution in [0.15, 0.2) is 29.3 Å². The van der Waals surface area contributed by atoms with E-state index >= 15 is 0 Å². The van der Waals surface area contributed by atoms with Gasteiger partial charge in [0.15, 0.2) is 0 Å². The Balaban J connectivity index is 2.79. The fourth-order valence-corrected chi connectivity index (χ4v) is 0.979. The van der Waals surface area contributed by atoms with E-state index in [0.717, 1.165) is 23.4 Å². The fraction of sp³-hybridized carbons (Fsp3) is 0.200. The molecule has 0 aliphatic heterocycles. The number of carbonyl (C=O) groups is 1. The van der Waals surface area contributed by atoms with Crippen molar-refractivity contribution in [2.45, 2.75) is 6.18 Å². The van der Waals surface area contributed by atoms with Crippen LogP contribution in [0.3, 0.4) is 0 Å². The van der Waals surface area contributed by atoms with Crippen LogP contribution in [0.5, 0.6) is 0 Å². The minimum Gasteiger partial charge on any atom is -0.292 e. The normalized spacial score (nSPS) is 11.8. The van der Waals surface area contributed by atoms with Crippen molar-refractivity contribution >= 4 is 29.0 Å². The van der Waals surface area contributed by atoms with E-state index in [-0.39, 0.29) is 0 Å². The summed E-state index contributed by atoms with van der Waals surface area (Å²) in [6, 6.07) is 4.22. The summed E-state index contributed by atoms with van der Waals surface area (Å²) in [5.74, 6) is 0. The van der Waals surface area contributed by atoms with Gasteiger partial charge in [0.25, 0.3) is 0 Å². The van der Waals surface area contributed by atoms with Gasteiger partial charge in [0, 0.05) is 7.05 Å². The van der Waals surface area contributed by atoms with Gasteiger partial charge in [0.1, 0.15) is 0 Å². The Morgan fingerprint density at radius 2 is 1.88 bits per heavy atom. The molecule has 3 nitrogen and oxygen atoms in total. The smallest absolute Gasteiger partial charge is 0.292 e. The van der Waals surface area contributed by atoms with Gasteiger partial charge >= 0.3 is 11.5 Å². The van der Waals surface area contributed by atoms with Crippen LogP contribution in [-0.2, 0) is 6.18 Å². The molecule has 0 spiro atoms. The van der Waals surface area contributed by atoms with E-state index in [0.29, 0.717) is 5.69 Å². The minimum absolute atomic E-state index is 0.294. The van der Waals surface area contributed by atoms with Crippen molar-refractivity contribution in [1.29, 1.82) is 0 Å². The van der Waals surface area contributed by atoms with E-state index in [1.807, 2.05) is 0 Å². The summed E-state index contributed by atoms with van der Waals surface area (Å²) in [5.41, 5.74) is -0.457. The number of hydrogen-bond donors (Lipinski definition) is 0. The Kier molecular flexibility index (Phi) is 4.11. The lowest BCUT2D eigenvalue weighted by Crippen LogP contribution is -2.17. The molecule has 17 heavy (non-hydrogen) atoms. The molecule has 7 heteroatoms. The number of alkyl halides is 3. The SMILES string of the molecule is CN(C=Nc1ccc(C(F)(F)F)cc1)C(=O)Cl. The Morgan fingerprint density at radius 3 is 2.29 bits per heavy atom. The second-order valence-electron chi connectivity index (χ2n) is 3.15. The van der Waals surface area contributed by atoms with Gasteiger partial charge in [-0.05, 0) is 35.9 Å². The monoisotopic (exact) mass is 264 g/mol.